The average molecular weight is 362 g/mol. The van der Waals surface area contributed by atoms with Crippen LogP contribution in [0.4, 0.5) is 0 Å². The molecule has 1 atom stereocenters. The first-order valence-corrected chi connectivity index (χ1v) is 8.61. The van der Waals surface area contributed by atoms with Crippen LogP contribution in [-0.4, -0.2) is 25.7 Å². The lowest BCUT2D eigenvalue weighted by Crippen LogP contribution is -2.32. The second kappa shape index (κ2) is 8.12. The molecule has 0 saturated heterocycles. The number of rotatable bonds is 6. The van der Waals surface area contributed by atoms with Gasteiger partial charge >= 0.3 is 0 Å². The summed E-state index contributed by atoms with van der Waals surface area (Å²) in [6.45, 7) is 3.06. The van der Waals surface area contributed by atoms with Crippen LogP contribution in [0.5, 0.6) is 17.2 Å². The molecule has 0 spiro atoms. The van der Waals surface area contributed by atoms with Crippen LogP contribution in [0.3, 0.4) is 0 Å². The van der Waals surface area contributed by atoms with Crippen LogP contribution >= 0.6 is 11.6 Å². The van der Waals surface area contributed by atoms with Crippen molar-refractivity contribution in [1.29, 1.82) is 0 Å². The van der Waals surface area contributed by atoms with Gasteiger partial charge in [-0.1, -0.05) is 24.6 Å². The van der Waals surface area contributed by atoms with E-state index in [1.807, 2.05) is 25.1 Å². The normalized spacial score (nSPS) is 13.8. The Labute approximate surface area is 151 Å². The zero-order valence-electron chi connectivity index (χ0n) is 14.0. The van der Waals surface area contributed by atoms with E-state index in [0.717, 1.165) is 17.7 Å². The summed E-state index contributed by atoms with van der Waals surface area (Å²) in [5.74, 6) is 1.87. The fourth-order valence-corrected chi connectivity index (χ4v) is 2.74. The smallest absolute Gasteiger partial charge is 0.258 e. The lowest BCUT2D eigenvalue weighted by Gasteiger charge is -2.22. The third kappa shape index (κ3) is 4.57. The average Bonchev–Trinajstić information content (AvgIpc) is 2.65. The van der Waals surface area contributed by atoms with Crippen molar-refractivity contribution in [3.63, 3.8) is 0 Å². The van der Waals surface area contributed by atoms with Crippen molar-refractivity contribution in [1.82, 2.24) is 5.32 Å². The predicted molar refractivity (Wildman–Crippen MR) is 95.6 cm³/mol. The Bertz CT molecular complexity index is 733. The van der Waals surface area contributed by atoms with Crippen LogP contribution in [0.2, 0.25) is 5.02 Å². The highest BCUT2D eigenvalue weighted by molar-refractivity contribution is 6.30. The number of carbonyl (C=O) groups is 1. The first kappa shape index (κ1) is 17.4. The number of fused-ring (bicyclic) bond motifs is 1. The molecular formula is C19H20ClNO4. The number of halogens is 1. The van der Waals surface area contributed by atoms with Gasteiger partial charge in [0.25, 0.3) is 5.91 Å². The third-order valence-corrected chi connectivity index (χ3v) is 4.15. The van der Waals surface area contributed by atoms with E-state index in [1.165, 1.54) is 0 Å². The zero-order valence-corrected chi connectivity index (χ0v) is 14.7. The second-order valence-corrected chi connectivity index (χ2v) is 6.11. The van der Waals surface area contributed by atoms with Gasteiger partial charge in [-0.25, -0.2) is 0 Å². The molecule has 1 aliphatic heterocycles. The highest BCUT2D eigenvalue weighted by Crippen LogP contribution is 2.33. The van der Waals surface area contributed by atoms with Crippen molar-refractivity contribution in [2.24, 2.45) is 0 Å². The molecule has 5 nitrogen and oxygen atoms in total. The maximum atomic E-state index is 12.2. The van der Waals surface area contributed by atoms with Crippen LogP contribution in [0, 0.1) is 0 Å². The topological polar surface area (TPSA) is 56.8 Å². The number of amides is 1. The molecule has 1 N–H and O–H groups in total. The van der Waals surface area contributed by atoms with Gasteiger partial charge < -0.3 is 19.5 Å². The molecule has 3 rings (SSSR count). The molecule has 132 valence electrons. The molecule has 6 heteroatoms. The van der Waals surface area contributed by atoms with Crippen molar-refractivity contribution >= 4 is 17.5 Å². The summed E-state index contributed by atoms with van der Waals surface area (Å²) in [5.41, 5.74) is 0.978. The maximum Gasteiger partial charge on any atom is 0.258 e. The fourth-order valence-electron chi connectivity index (χ4n) is 2.61. The molecule has 25 heavy (non-hydrogen) atoms. The highest BCUT2D eigenvalue weighted by Gasteiger charge is 2.17. The van der Waals surface area contributed by atoms with Gasteiger partial charge in [-0.05, 0) is 48.4 Å². The Morgan fingerprint density at radius 3 is 2.60 bits per heavy atom. The number of benzene rings is 2. The van der Waals surface area contributed by atoms with E-state index >= 15 is 0 Å². The minimum Gasteiger partial charge on any atom is -0.486 e. The van der Waals surface area contributed by atoms with E-state index in [1.54, 1.807) is 24.3 Å². The second-order valence-electron chi connectivity index (χ2n) is 5.67. The third-order valence-electron chi connectivity index (χ3n) is 3.90. The van der Waals surface area contributed by atoms with Gasteiger partial charge in [0.15, 0.2) is 18.1 Å². The van der Waals surface area contributed by atoms with Crippen molar-refractivity contribution < 1.29 is 19.0 Å². The van der Waals surface area contributed by atoms with Gasteiger partial charge in [-0.15, -0.1) is 0 Å². The van der Waals surface area contributed by atoms with Gasteiger partial charge in [0, 0.05) is 5.02 Å². The van der Waals surface area contributed by atoms with Crippen molar-refractivity contribution in [3.8, 4) is 17.2 Å². The van der Waals surface area contributed by atoms with Gasteiger partial charge in [0.2, 0.25) is 0 Å². The first-order valence-electron chi connectivity index (χ1n) is 8.23. The number of carbonyl (C=O) groups excluding carboxylic acids is 1. The Balaban J connectivity index is 1.59. The van der Waals surface area contributed by atoms with Crippen molar-refractivity contribution in [3.05, 3.63) is 53.1 Å². The van der Waals surface area contributed by atoms with E-state index in [-0.39, 0.29) is 18.6 Å². The van der Waals surface area contributed by atoms with Crippen molar-refractivity contribution in [2.45, 2.75) is 19.4 Å². The van der Waals surface area contributed by atoms with Crippen LogP contribution in [0.25, 0.3) is 0 Å². The molecule has 2 aromatic carbocycles. The monoisotopic (exact) mass is 361 g/mol. The maximum absolute atomic E-state index is 12.2. The Hall–Kier alpha value is -2.40. The largest absolute Gasteiger partial charge is 0.486 e. The lowest BCUT2D eigenvalue weighted by molar-refractivity contribution is -0.123. The molecule has 1 heterocycles. The molecule has 0 aromatic heterocycles. The molecule has 0 unspecified atom stereocenters. The Morgan fingerprint density at radius 2 is 1.88 bits per heavy atom. The van der Waals surface area contributed by atoms with E-state index in [9.17, 15) is 4.79 Å². The number of hydrogen-bond acceptors (Lipinski definition) is 4. The van der Waals surface area contributed by atoms with Gasteiger partial charge in [0.1, 0.15) is 19.0 Å². The molecule has 0 aliphatic carbocycles. The number of nitrogens with one attached hydrogen (secondary N) is 1. The Morgan fingerprint density at radius 1 is 1.16 bits per heavy atom. The summed E-state index contributed by atoms with van der Waals surface area (Å²) in [7, 11) is 0. The van der Waals surface area contributed by atoms with Gasteiger partial charge in [-0.3, -0.25) is 4.79 Å². The summed E-state index contributed by atoms with van der Waals surface area (Å²) in [6, 6.07) is 12.5. The number of hydrogen-bond donors (Lipinski definition) is 1. The van der Waals surface area contributed by atoms with E-state index in [0.29, 0.717) is 29.7 Å². The molecule has 0 bridgehead atoms. The Kier molecular flexibility index (Phi) is 5.66. The van der Waals surface area contributed by atoms with Crippen LogP contribution in [0.15, 0.2) is 42.5 Å². The van der Waals surface area contributed by atoms with Crippen LogP contribution in [0.1, 0.15) is 24.9 Å². The highest BCUT2D eigenvalue weighted by atomic mass is 35.5. The molecule has 1 aliphatic rings. The SMILES string of the molecule is CC[C@@H](NC(=O)COc1ccc(Cl)cc1)c1ccc2c(c1)OCCO2. The van der Waals surface area contributed by atoms with E-state index < -0.39 is 0 Å². The standard InChI is InChI=1S/C19H20ClNO4/c1-2-16(13-3-8-17-18(11-13)24-10-9-23-17)21-19(22)12-25-15-6-4-14(20)5-7-15/h3-8,11,16H,2,9-10,12H2,1H3,(H,21,22)/t16-/m1/s1. The minimum atomic E-state index is -0.184. The quantitative estimate of drug-likeness (QED) is 0.851. The molecule has 0 radical (unpaired) electrons. The first-order chi connectivity index (χ1) is 12.2. The van der Waals surface area contributed by atoms with E-state index in [2.05, 4.69) is 5.32 Å². The molecule has 2 aromatic rings. The van der Waals surface area contributed by atoms with E-state index in [4.69, 9.17) is 25.8 Å². The van der Waals surface area contributed by atoms with Crippen LogP contribution < -0.4 is 19.5 Å². The lowest BCUT2D eigenvalue weighted by atomic mass is 10.0. The molecular weight excluding hydrogens is 342 g/mol. The summed E-state index contributed by atoms with van der Waals surface area (Å²) in [5, 5.41) is 3.61. The summed E-state index contributed by atoms with van der Waals surface area (Å²) in [6.07, 6.45) is 0.756. The fraction of sp³-hybridized carbons (Fsp3) is 0.316. The van der Waals surface area contributed by atoms with Crippen LogP contribution in [-0.2, 0) is 4.79 Å². The molecule has 1 amide bonds. The number of ether oxygens (including phenoxy) is 3. The zero-order chi connectivity index (χ0) is 17.6. The molecule has 0 saturated carbocycles. The summed E-state index contributed by atoms with van der Waals surface area (Å²) < 4.78 is 16.6. The summed E-state index contributed by atoms with van der Waals surface area (Å²) >= 11 is 5.83. The van der Waals surface area contributed by atoms with Crippen molar-refractivity contribution in [2.75, 3.05) is 19.8 Å². The minimum absolute atomic E-state index is 0.0529. The van der Waals surface area contributed by atoms with Gasteiger partial charge in [0.05, 0.1) is 6.04 Å². The summed E-state index contributed by atoms with van der Waals surface area (Å²) in [4.78, 5) is 12.2. The van der Waals surface area contributed by atoms with Gasteiger partial charge in [-0.2, -0.15) is 0 Å². The predicted octanol–water partition coefficient (Wildman–Crippen LogP) is 3.76. The molecule has 0 fully saturated rings.